The van der Waals surface area contributed by atoms with Crippen molar-refractivity contribution < 1.29 is 17.8 Å². The maximum absolute atomic E-state index is 11.3. The van der Waals surface area contributed by atoms with Gasteiger partial charge in [-0.25, -0.2) is 0 Å². The molecule has 0 spiro atoms. The lowest BCUT2D eigenvalue weighted by Crippen LogP contribution is -2.23. The minimum atomic E-state index is -3.92. The highest BCUT2D eigenvalue weighted by atomic mass is 32.2. The largest absolute Gasteiger partial charge is 0.353 e. The van der Waals surface area contributed by atoms with Crippen LogP contribution in [0.1, 0.15) is 51.9 Å². The van der Waals surface area contributed by atoms with Crippen LogP contribution in [-0.2, 0) is 14.9 Å². The Morgan fingerprint density at radius 2 is 1.84 bits per heavy atom. The van der Waals surface area contributed by atoms with Crippen LogP contribution in [-0.4, -0.2) is 31.2 Å². The molecule has 0 aliphatic carbocycles. The summed E-state index contributed by atoms with van der Waals surface area (Å²) in [5.74, 6) is -0.544. The number of carbonyl (C=O) groups excluding carboxylic acids is 1. The predicted octanol–water partition coefficient (Wildman–Crippen LogP) is 2.30. The van der Waals surface area contributed by atoms with E-state index in [0.29, 0.717) is 0 Å². The van der Waals surface area contributed by atoms with E-state index in [4.69, 9.17) is 4.55 Å². The normalized spacial score (nSPS) is 11.9. The van der Waals surface area contributed by atoms with Gasteiger partial charge in [0.25, 0.3) is 10.1 Å². The van der Waals surface area contributed by atoms with Crippen LogP contribution < -0.4 is 5.32 Å². The van der Waals surface area contributed by atoms with Crippen LogP contribution in [0.3, 0.4) is 0 Å². The first kappa shape index (κ1) is 18.1. The highest BCUT2D eigenvalue weighted by molar-refractivity contribution is 7.85. The van der Waals surface area contributed by atoms with Gasteiger partial charge in [0.15, 0.2) is 0 Å². The summed E-state index contributed by atoms with van der Waals surface area (Å²) in [5, 5.41) is 2.57. The standard InChI is InChI=1S/C13H25NO4S/c1-2-3-4-5-6-7-8-10-13(15)14-11-9-12-19(16,17)18/h8,10H,2-7,9,11-12H2,1H3,(H,14,15)(H,16,17,18)/b10-8+. The van der Waals surface area contributed by atoms with E-state index in [2.05, 4.69) is 12.2 Å². The second-order valence-corrected chi connectivity index (χ2v) is 6.11. The Morgan fingerprint density at radius 3 is 2.47 bits per heavy atom. The van der Waals surface area contributed by atoms with Gasteiger partial charge in [0.2, 0.25) is 5.91 Å². The second-order valence-electron chi connectivity index (χ2n) is 4.54. The third-order valence-electron chi connectivity index (χ3n) is 2.62. The fourth-order valence-electron chi connectivity index (χ4n) is 1.58. The van der Waals surface area contributed by atoms with Crippen LogP contribution in [0, 0.1) is 0 Å². The van der Waals surface area contributed by atoms with Crippen molar-refractivity contribution in [2.75, 3.05) is 12.3 Å². The summed E-state index contributed by atoms with van der Waals surface area (Å²) in [6.45, 7) is 2.42. The van der Waals surface area contributed by atoms with E-state index in [9.17, 15) is 13.2 Å². The van der Waals surface area contributed by atoms with Gasteiger partial charge < -0.3 is 5.32 Å². The van der Waals surface area contributed by atoms with Gasteiger partial charge in [0.05, 0.1) is 5.75 Å². The zero-order valence-electron chi connectivity index (χ0n) is 11.6. The van der Waals surface area contributed by atoms with Crippen LogP contribution >= 0.6 is 0 Å². The molecule has 0 fully saturated rings. The minimum absolute atomic E-state index is 0.218. The Morgan fingerprint density at radius 1 is 1.16 bits per heavy atom. The smallest absolute Gasteiger partial charge is 0.264 e. The van der Waals surface area contributed by atoms with E-state index in [1.54, 1.807) is 0 Å². The molecule has 0 rings (SSSR count). The molecule has 0 saturated carbocycles. The minimum Gasteiger partial charge on any atom is -0.353 e. The number of carbonyl (C=O) groups is 1. The third-order valence-corrected chi connectivity index (χ3v) is 3.43. The molecule has 0 bridgehead atoms. The number of hydrogen-bond acceptors (Lipinski definition) is 3. The summed E-state index contributed by atoms with van der Waals surface area (Å²) < 4.78 is 29.3. The number of amides is 1. The molecule has 6 heteroatoms. The number of allylic oxidation sites excluding steroid dienone is 1. The van der Waals surface area contributed by atoms with Crippen LogP contribution in [0.4, 0.5) is 0 Å². The number of nitrogens with one attached hydrogen (secondary N) is 1. The molecule has 2 N–H and O–H groups in total. The van der Waals surface area contributed by atoms with Crippen LogP contribution in [0.15, 0.2) is 12.2 Å². The van der Waals surface area contributed by atoms with Gasteiger partial charge in [-0.1, -0.05) is 38.7 Å². The zero-order valence-corrected chi connectivity index (χ0v) is 12.4. The van der Waals surface area contributed by atoms with Gasteiger partial charge >= 0.3 is 0 Å². The zero-order chi connectivity index (χ0) is 14.6. The van der Waals surface area contributed by atoms with E-state index in [1.807, 2.05) is 6.08 Å². The Kier molecular flexibility index (Phi) is 10.5. The van der Waals surface area contributed by atoms with Crippen molar-refractivity contribution in [3.63, 3.8) is 0 Å². The molecule has 5 nitrogen and oxygen atoms in total. The van der Waals surface area contributed by atoms with Crippen molar-refractivity contribution in [2.24, 2.45) is 0 Å². The topological polar surface area (TPSA) is 83.5 Å². The highest BCUT2D eigenvalue weighted by Crippen LogP contribution is 2.05. The van der Waals surface area contributed by atoms with Gasteiger partial charge in [-0.3, -0.25) is 9.35 Å². The molecule has 0 heterocycles. The lowest BCUT2D eigenvalue weighted by Gasteiger charge is -2.00. The van der Waals surface area contributed by atoms with Gasteiger partial charge in [-0.15, -0.1) is 0 Å². The molecule has 0 aromatic heterocycles. The van der Waals surface area contributed by atoms with Crippen molar-refractivity contribution in [2.45, 2.75) is 51.9 Å². The Labute approximate surface area is 116 Å². The highest BCUT2D eigenvalue weighted by Gasteiger charge is 2.03. The van der Waals surface area contributed by atoms with Crippen molar-refractivity contribution in [3.8, 4) is 0 Å². The summed E-state index contributed by atoms with van der Waals surface area (Å²) in [6.07, 6.45) is 10.4. The first-order chi connectivity index (χ1) is 8.95. The molecular formula is C13H25NO4S. The second kappa shape index (κ2) is 11.0. The van der Waals surface area contributed by atoms with E-state index >= 15 is 0 Å². The van der Waals surface area contributed by atoms with Crippen molar-refractivity contribution in [1.82, 2.24) is 5.32 Å². The summed E-state index contributed by atoms with van der Waals surface area (Å²) in [6, 6.07) is 0. The lowest BCUT2D eigenvalue weighted by molar-refractivity contribution is -0.116. The monoisotopic (exact) mass is 291 g/mol. The first-order valence-electron chi connectivity index (χ1n) is 6.85. The molecule has 0 aromatic carbocycles. The van der Waals surface area contributed by atoms with E-state index in [1.165, 1.54) is 31.8 Å². The number of rotatable bonds is 11. The number of unbranched alkanes of at least 4 members (excludes halogenated alkanes) is 5. The fourth-order valence-corrected chi connectivity index (χ4v) is 2.09. The molecule has 0 unspecified atom stereocenters. The van der Waals surface area contributed by atoms with Crippen LogP contribution in [0.2, 0.25) is 0 Å². The third kappa shape index (κ3) is 15.1. The molecule has 19 heavy (non-hydrogen) atoms. The fraction of sp³-hybridized carbons (Fsp3) is 0.769. The van der Waals surface area contributed by atoms with E-state index < -0.39 is 10.1 Å². The Bertz CT molecular complexity index is 363. The van der Waals surface area contributed by atoms with Gasteiger partial charge in [0, 0.05) is 6.54 Å². The summed E-state index contributed by atoms with van der Waals surface area (Å²) in [7, 11) is -3.92. The lowest BCUT2D eigenvalue weighted by atomic mass is 10.1. The molecule has 0 saturated heterocycles. The van der Waals surface area contributed by atoms with Crippen molar-refractivity contribution in [3.05, 3.63) is 12.2 Å². The molecule has 0 aliphatic heterocycles. The molecule has 0 atom stereocenters. The Hall–Kier alpha value is -0.880. The molecule has 112 valence electrons. The predicted molar refractivity (Wildman–Crippen MR) is 76.6 cm³/mol. The molecular weight excluding hydrogens is 266 g/mol. The SMILES string of the molecule is CCCCCCC/C=C/C(=O)NCCCS(=O)(=O)O. The Balaban J connectivity index is 3.47. The molecule has 1 amide bonds. The van der Waals surface area contributed by atoms with E-state index in [0.717, 1.165) is 12.8 Å². The van der Waals surface area contributed by atoms with Crippen molar-refractivity contribution >= 4 is 16.0 Å². The van der Waals surface area contributed by atoms with Crippen molar-refractivity contribution in [1.29, 1.82) is 0 Å². The van der Waals surface area contributed by atoms with Gasteiger partial charge in [-0.05, 0) is 25.3 Å². The van der Waals surface area contributed by atoms with Crippen LogP contribution in [0.25, 0.3) is 0 Å². The summed E-state index contributed by atoms with van der Waals surface area (Å²) in [4.78, 5) is 11.3. The maximum Gasteiger partial charge on any atom is 0.264 e. The summed E-state index contributed by atoms with van der Waals surface area (Å²) >= 11 is 0. The maximum atomic E-state index is 11.3. The molecule has 0 aromatic rings. The average molecular weight is 291 g/mol. The van der Waals surface area contributed by atoms with E-state index in [-0.39, 0.29) is 24.6 Å². The summed E-state index contributed by atoms with van der Waals surface area (Å²) in [5.41, 5.74) is 0. The van der Waals surface area contributed by atoms with Gasteiger partial charge in [0.1, 0.15) is 0 Å². The molecule has 0 radical (unpaired) electrons. The van der Waals surface area contributed by atoms with Crippen LogP contribution in [0.5, 0.6) is 0 Å². The molecule has 0 aliphatic rings. The quantitative estimate of drug-likeness (QED) is 0.347. The number of hydrogen-bond donors (Lipinski definition) is 2. The average Bonchev–Trinajstić information content (AvgIpc) is 2.32. The van der Waals surface area contributed by atoms with Gasteiger partial charge in [-0.2, -0.15) is 8.42 Å². The first-order valence-corrected chi connectivity index (χ1v) is 8.46.